The van der Waals surface area contributed by atoms with E-state index in [0.29, 0.717) is 16.1 Å². The van der Waals surface area contributed by atoms with Crippen LogP contribution in [0.25, 0.3) is 6.08 Å². The maximum atomic E-state index is 13.4. The Labute approximate surface area is 122 Å². The molecule has 0 aliphatic heterocycles. The molecular weight excluding hydrogens is 330 g/mol. The fourth-order valence-corrected chi connectivity index (χ4v) is 1.97. The van der Waals surface area contributed by atoms with Gasteiger partial charge in [-0.25, -0.2) is 8.78 Å². The molecule has 2 aromatic rings. The Bertz CT molecular complexity index is 696. The van der Waals surface area contributed by atoms with Gasteiger partial charge in [-0.05, 0) is 51.8 Å². The Hall–Kier alpha value is -2.01. The highest BCUT2D eigenvalue weighted by molar-refractivity contribution is 9.10. The zero-order chi connectivity index (χ0) is 14.7. The molecule has 0 saturated carbocycles. The van der Waals surface area contributed by atoms with Crippen molar-refractivity contribution in [3.8, 4) is 5.75 Å². The minimum atomic E-state index is -0.897. The molecule has 2 aromatic carbocycles. The van der Waals surface area contributed by atoms with Crippen molar-refractivity contribution in [3.63, 3.8) is 0 Å². The first-order chi connectivity index (χ1) is 9.47. The van der Waals surface area contributed by atoms with Gasteiger partial charge in [0, 0.05) is 6.07 Å². The highest BCUT2D eigenvalue weighted by Crippen LogP contribution is 2.24. The molecule has 0 bridgehead atoms. The van der Waals surface area contributed by atoms with Crippen molar-refractivity contribution >= 4 is 27.8 Å². The second kappa shape index (κ2) is 5.96. The third-order valence-electron chi connectivity index (χ3n) is 2.60. The van der Waals surface area contributed by atoms with E-state index in [9.17, 15) is 18.7 Å². The van der Waals surface area contributed by atoms with Crippen LogP contribution in [-0.4, -0.2) is 10.9 Å². The van der Waals surface area contributed by atoms with Crippen LogP contribution in [0, 0.1) is 11.6 Å². The van der Waals surface area contributed by atoms with Crippen LogP contribution in [0.2, 0.25) is 0 Å². The summed E-state index contributed by atoms with van der Waals surface area (Å²) in [5, 5.41) is 9.34. The molecule has 0 fully saturated rings. The molecule has 5 heteroatoms. The Morgan fingerprint density at radius 1 is 1.15 bits per heavy atom. The van der Waals surface area contributed by atoms with Crippen LogP contribution in [0.4, 0.5) is 8.78 Å². The van der Waals surface area contributed by atoms with Gasteiger partial charge in [-0.2, -0.15) is 0 Å². The summed E-state index contributed by atoms with van der Waals surface area (Å²) in [6, 6.07) is 7.47. The lowest BCUT2D eigenvalue weighted by atomic mass is 10.1. The van der Waals surface area contributed by atoms with Gasteiger partial charge >= 0.3 is 0 Å². The van der Waals surface area contributed by atoms with E-state index in [1.165, 1.54) is 18.2 Å². The van der Waals surface area contributed by atoms with Crippen molar-refractivity contribution in [1.82, 2.24) is 0 Å². The lowest BCUT2D eigenvalue weighted by Crippen LogP contribution is -1.99. The van der Waals surface area contributed by atoms with E-state index < -0.39 is 17.4 Å². The number of carbonyl (C=O) groups is 1. The van der Waals surface area contributed by atoms with Gasteiger partial charge in [-0.1, -0.05) is 12.1 Å². The number of benzene rings is 2. The number of ketones is 1. The summed E-state index contributed by atoms with van der Waals surface area (Å²) < 4.78 is 26.6. The smallest absolute Gasteiger partial charge is 0.188 e. The molecule has 0 unspecified atom stereocenters. The van der Waals surface area contributed by atoms with Gasteiger partial charge in [0.1, 0.15) is 17.4 Å². The second-order valence-electron chi connectivity index (χ2n) is 4.03. The van der Waals surface area contributed by atoms with E-state index in [1.807, 2.05) is 0 Å². The topological polar surface area (TPSA) is 37.3 Å². The van der Waals surface area contributed by atoms with E-state index in [2.05, 4.69) is 15.9 Å². The molecule has 0 radical (unpaired) electrons. The normalized spacial score (nSPS) is 10.9. The van der Waals surface area contributed by atoms with Crippen LogP contribution in [0.15, 0.2) is 46.9 Å². The Balaban J connectivity index is 2.22. The number of carbonyl (C=O) groups excluding carboxylic acids is 1. The van der Waals surface area contributed by atoms with Crippen LogP contribution >= 0.6 is 15.9 Å². The Kier molecular flexibility index (Phi) is 4.29. The van der Waals surface area contributed by atoms with E-state index in [-0.39, 0.29) is 11.3 Å². The van der Waals surface area contributed by atoms with Crippen molar-refractivity contribution in [1.29, 1.82) is 0 Å². The van der Waals surface area contributed by atoms with Crippen LogP contribution in [0.5, 0.6) is 5.75 Å². The first-order valence-electron chi connectivity index (χ1n) is 5.63. The lowest BCUT2D eigenvalue weighted by molar-refractivity contribution is 0.104. The molecule has 0 amide bonds. The van der Waals surface area contributed by atoms with E-state index in [1.54, 1.807) is 12.1 Å². The highest BCUT2D eigenvalue weighted by Gasteiger charge is 2.09. The number of allylic oxidation sites excluding steroid dienone is 1. The van der Waals surface area contributed by atoms with Crippen molar-refractivity contribution in [2.24, 2.45) is 0 Å². The molecule has 1 N–H and O–H groups in total. The summed E-state index contributed by atoms with van der Waals surface area (Å²) in [6.45, 7) is 0. The van der Waals surface area contributed by atoms with Gasteiger partial charge in [0.2, 0.25) is 0 Å². The summed E-state index contributed by atoms with van der Waals surface area (Å²) in [6.07, 6.45) is 2.67. The predicted octanol–water partition coefficient (Wildman–Crippen LogP) is 4.33. The maximum absolute atomic E-state index is 13.4. The molecular formula is C15H9BrF2O2. The molecule has 20 heavy (non-hydrogen) atoms. The summed E-state index contributed by atoms with van der Waals surface area (Å²) in [4.78, 5) is 11.8. The van der Waals surface area contributed by atoms with Crippen molar-refractivity contribution in [3.05, 3.63) is 69.7 Å². The van der Waals surface area contributed by atoms with Gasteiger partial charge in [-0.3, -0.25) is 4.79 Å². The molecule has 0 atom stereocenters. The zero-order valence-electron chi connectivity index (χ0n) is 10.1. The fraction of sp³-hybridized carbons (Fsp3) is 0. The number of phenols is 1. The summed E-state index contributed by atoms with van der Waals surface area (Å²) in [7, 11) is 0. The molecule has 2 nitrogen and oxygen atoms in total. The van der Waals surface area contributed by atoms with Crippen molar-refractivity contribution < 1.29 is 18.7 Å². The maximum Gasteiger partial charge on any atom is 0.188 e. The van der Waals surface area contributed by atoms with Crippen LogP contribution in [0.1, 0.15) is 15.9 Å². The number of rotatable bonds is 3. The average molecular weight is 339 g/mol. The molecule has 0 saturated heterocycles. The highest BCUT2D eigenvalue weighted by atomic mass is 79.9. The average Bonchev–Trinajstić information content (AvgIpc) is 2.40. The summed E-state index contributed by atoms with van der Waals surface area (Å²) >= 11 is 3.15. The summed E-state index contributed by atoms with van der Waals surface area (Å²) in [5.41, 5.74) is 0.464. The molecule has 102 valence electrons. The number of hydrogen-bond acceptors (Lipinski definition) is 2. The Morgan fingerprint density at radius 2 is 1.90 bits per heavy atom. The van der Waals surface area contributed by atoms with Crippen molar-refractivity contribution in [2.45, 2.75) is 0 Å². The Morgan fingerprint density at radius 3 is 2.55 bits per heavy atom. The summed E-state index contributed by atoms with van der Waals surface area (Å²) in [5.74, 6) is -2.11. The quantitative estimate of drug-likeness (QED) is 0.668. The van der Waals surface area contributed by atoms with Crippen molar-refractivity contribution in [2.75, 3.05) is 0 Å². The van der Waals surface area contributed by atoms with Crippen LogP contribution in [-0.2, 0) is 0 Å². The fourth-order valence-electron chi connectivity index (χ4n) is 1.58. The molecule has 2 rings (SSSR count). The number of phenolic OH excluding ortho intramolecular Hbond substituents is 1. The van der Waals surface area contributed by atoms with Gasteiger partial charge < -0.3 is 5.11 Å². The minimum absolute atomic E-state index is 0.0815. The number of halogens is 3. The monoisotopic (exact) mass is 338 g/mol. The zero-order valence-corrected chi connectivity index (χ0v) is 11.7. The second-order valence-corrected chi connectivity index (χ2v) is 4.89. The van der Waals surface area contributed by atoms with Gasteiger partial charge in [0.05, 0.1) is 10.0 Å². The van der Waals surface area contributed by atoms with Gasteiger partial charge in [0.25, 0.3) is 0 Å². The lowest BCUT2D eigenvalue weighted by Gasteiger charge is -2.00. The molecule has 0 aliphatic carbocycles. The van der Waals surface area contributed by atoms with E-state index >= 15 is 0 Å². The van der Waals surface area contributed by atoms with Crippen LogP contribution in [0.3, 0.4) is 0 Å². The molecule has 0 aromatic heterocycles. The standard InChI is InChI=1S/C15H9BrF2O2/c16-12-7-9(2-6-15(12)20)1-5-14(19)11-4-3-10(17)8-13(11)18/h1-8,20H. The van der Waals surface area contributed by atoms with Gasteiger partial charge in [0.15, 0.2) is 5.78 Å². The first-order valence-corrected chi connectivity index (χ1v) is 6.42. The molecule has 0 aliphatic rings. The van der Waals surface area contributed by atoms with E-state index in [0.717, 1.165) is 12.1 Å². The van der Waals surface area contributed by atoms with Crippen LogP contribution < -0.4 is 0 Å². The molecule has 0 spiro atoms. The SMILES string of the molecule is O=C(C=Cc1ccc(O)c(Br)c1)c1ccc(F)cc1F. The third-order valence-corrected chi connectivity index (χ3v) is 3.23. The third kappa shape index (κ3) is 3.30. The first kappa shape index (κ1) is 14.4. The minimum Gasteiger partial charge on any atom is -0.507 e. The molecule has 0 heterocycles. The number of hydrogen-bond donors (Lipinski definition) is 1. The number of aromatic hydroxyl groups is 1. The van der Waals surface area contributed by atoms with Gasteiger partial charge in [-0.15, -0.1) is 0 Å². The predicted molar refractivity (Wildman–Crippen MR) is 75.5 cm³/mol. The largest absolute Gasteiger partial charge is 0.507 e. The van der Waals surface area contributed by atoms with E-state index in [4.69, 9.17) is 0 Å².